The van der Waals surface area contributed by atoms with Gasteiger partial charge in [0, 0.05) is 25.2 Å². The van der Waals surface area contributed by atoms with E-state index in [4.69, 9.17) is 0 Å². The molecule has 78 valence electrons. The Kier molecular flexibility index (Phi) is 2.50. The second kappa shape index (κ2) is 3.65. The summed E-state index contributed by atoms with van der Waals surface area (Å²) < 4.78 is 26.2. The van der Waals surface area contributed by atoms with Gasteiger partial charge in [0.1, 0.15) is 5.82 Å². The third-order valence-corrected chi connectivity index (χ3v) is 2.50. The SMILES string of the molecule is Cc1nc2c(n1CC(F)F)CCNC2. The number of halogens is 2. The Morgan fingerprint density at radius 3 is 3.07 bits per heavy atom. The van der Waals surface area contributed by atoms with Crippen LogP contribution < -0.4 is 5.32 Å². The summed E-state index contributed by atoms with van der Waals surface area (Å²) in [6.45, 7) is 3.10. The van der Waals surface area contributed by atoms with E-state index < -0.39 is 6.43 Å². The molecule has 0 saturated carbocycles. The second-order valence-electron chi connectivity index (χ2n) is 3.48. The predicted octanol–water partition coefficient (Wildman–Crippen LogP) is 1.10. The van der Waals surface area contributed by atoms with Gasteiger partial charge in [-0.15, -0.1) is 0 Å². The van der Waals surface area contributed by atoms with E-state index in [0.717, 1.165) is 24.4 Å². The zero-order valence-electron chi connectivity index (χ0n) is 8.06. The molecule has 1 aliphatic heterocycles. The summed E-state index contributed by atoms with van der Waals surface area (Å²) >= 11 is 0. The number of nitrogens with zero attached hydrogens (tertiary/aromatic N) is 2. The average Bonchev–Trinajstić information content (AvgIpc) is 2.43. The molecule has 1 aromatic heterocycles. The third kappa shape index (κ3) is 1.64. The molecule has 0 spiro atoms. The fourth-order valence-corrected chi connectivity index (χ4v) is 1.89. The molecule has 0 atom stereocenters. The highest BCUT2D eigenvalue weighted by Crippen LogP contribution is 2.16. The maximum atomic E-state index is 12.3. The van der Waals surface area contributed by atoms with Crippen LogP contribution >= 0.6 is 0 Å². The predicted molar refractivity (Wildman–Crippen MR) is 48.4 cm³/mol. The Balaban J connectivity index is 2.33. The summed E-state index contributed by atoms with van der Waals surface area (Å²) in [6.07, 6.45) is -1.51. The molecule has 0 amide bonds. The Labute approximate surface area is 81.1 Å². The van der Waals surface area contributed by atoms with Crippen molar-refractivity contribution in [2.75, 3.05) is 6.54 Å². The molecule has 0 aromatic carbocycles. The van der Waals surface area contributed by atoms with E-state index in [0.29, 0.717) is 12.4 Å². The van der Waals surface area contributed by atoms with E-state index in [2.05, 4.69) is 10.3 Å². The molecule has 3 nitrogen and oxygen atoms in total. The number of fused-ring (bicyclic) bond motifs is 1. The highest BCUT2D eigenvalue weighted by Gasteiger charge is 2.19. The van der Waals surface area contributed by atoms with Crippen LogP contribution in [0.5, 0.6) is 0 Å². The van der Waals surface area contributed by atoms with Gasteiger partial charge in [0.2, 0.25) is 0 Å². The van der Waals surface area contributed by atoms with Gasteiger partial charge in [-0.2, -0.15) is 0 Å². The summed E-state index contributed by atoms with van der Waals surface area (Å²) in [5.74, 6) is 0.694. The number of nitrogens with one attached hydrogen (secondary N) is 1. The zero-order chi connectivity index (χ0) is 10.1. The van der Waals surface area contributed by atoms with Crippen LogP contribution in [0, 0.1) is 6.92 Å². The van der Waals surface area contributed by atoms with E-state index >= 15 is 0 Å². The van der Waals surface area contributed by atoms with Crippen molar-refractivity contribution in [3.63, 3.8) is 0 Å². The van der Waals surface area contributed by atoms with Gasteiger partial charge < -0.3 is 9.88 Å². The molecule has 0 unspecified atom stereocenters. The van der Waals surface area contributed by atoms with Crippen molar-refractivity contribution < 1.29 is 8.78 Å². The first-order valence-electron chi connectivity index (χ1n) is 4.72. The van der Waals surface area contributed by atoms with E-state index in [1.165, 1.54) is 0 Å². The van der Waals surface area contributed by atoms with Crippen molar-refractivity contribution in [1.82, 2.24) is 14.9 Å². The first kappa shape index (κ1) is 9.58. The minimum atomic E-state index is -2.30. The van der Waals surface area contributed by atoms with Crippen molar-refractivity contribution in [3.05, 3.63) is 17.2 Å². The van der Waals surface area contributed by atoms with Gasteiger partial charge in [-0.05, 0) is 6.92 Å². The molecule has 0 aliphatic carbocycles. The first-order valence-corrected chi connectivity index (χ1v) is 4.72. The third-order valence-electron chi connectivity index (χ3n) is 2.50. The number of alkyl halides is 2. The van der Waals surface area contributed by atoms with Gasteiger partial charge in [0.25, 0.3) is 6.43 Å². The Morgan fingerprint density at radius 2 is 2.36 bits per heavy atom. The molecule has 5 heteroatoms. The lowest BCUT2D eigenvalue weighted by atomic mass is 10.2. The van der Waals surface area contributed by atoms with Gasteiger partial charge in [-0.3, -0.25) is 0 Å². The van der Waals surface area contributed by atoms with Gasteiger partial charge >= 0.3 is 0 Å². The number of aromatic nitrogens is 2. The van der Waals surface area contributed by atoms with E-state index in [1.54, 1.807) is 11.5 Å². The van der Waals surface area contributed by atoms with Gasteiger partial charge in [-0.1, -0.05) is 0 Å². The lowest BCUT2D eigenvalue weighted by Gasteiger charge is -2.15. The van der Waals surface area contributed by atoms with Gasteiger partial charge in [0.15, 0.2) is 0 Å². The summed E-state index contributed by atoms with van der Waals surface area (Å²) in [4.78, 5) is 4.27. The van der Waals surface area contributed by atoms with Crippen molar-refractivity contribution in [2.24, 2.45) is 0 Å². The molecule has 1 aliphatic rings. The van der Waals surface area contributed by atoms with Gasteiger partial charge in [-0.25, -0.2) is 13.8 Å². The summed E-state index contributed by atoms with van der Waals surface area (Å²) in [7, 11) is 0. The van der Waals surface area contributed by atoms with Crippen LogP contribution in [-0.4, -0.2) is 22.5 Å². The molecule has 2 rings (SSSR count). The van der Waals surface area contributed by atoms with Crippen molar-refractivity contribution in [1.29, 1.82) is 0 Å². The van der Waals surface area contributed by atoms with Gasteiger partial charge in [0.05, 0.1) is 12.2 Å². The number of aryl methyl sites for hydroxylation is 1. The Hall–Kier alpha value is -0.970. The van der Waals surface area contributed by atoms with Crippen LogP contribution in [0.2, 0.25) is 0 Å². The normalized spacial score (nSPS) is 16.0. The highest BCUT2D eigenvalue weighted by atomic mass is 19.3. The van der Waals surface area contributed by atoms with Crippen molar-refractivity contribution in [2.45, 2.75) is 32.9 Å². The van der Waals surface area contributed by atoms with Crippen LogP contribution in [-0.2, 0) is 19.5 Å². The molecule has 14 heavy (non-hydrogen) atoms. The second-order valence-corrected chi connectivity index (χ2v) is 3.48. The molecule has 0 saturated heterocycles. The molecular weight excluding hydrogens is 188 g/mol. The largest absolute Gasteiger partial charge is 0.326 e. The number of rotatable bonds is 2. The smallest absolute Gasteiger partial charge is 0.256 e. The summed E-state index contributed by atoms with van der Waals surface area (Å²) in [5, 5.41) is 3.17. The van der Waals surface area contributed by atoms with Crippen LogP contribution in [0.15, 0.2) is 0 Å². The van der Waals surface area contributed by atoms with Crippen LogP contribution in [0.3, 0.4) is 0 Å². The molecular formula is C9H13F2N3. The number of hydrogen-bond acceptors (Lipinski definition) is 2. The lowest BCUT2D eigenvalue weighted by molar-refractivity contribution is 0.124. The lowest BCUT2D eigenvalue weighted by Crippen LogP contribution is -2.25. The fourth-order valence-electron chi connectivity index (χ4n) is 1.89. The minimum Gasteiger partial charge on any atom is -0.326 e. The highest BCUT2D eigenvalue weighted by molar-refractivity contribution is 5.19. The van der Waals surface area contributed by atoms with Crippen molar-refractivity contribution in [3.8, 4) is 0 Å². The fraction of sp³-hybridized carbons (Fsp3) is 0.667. The average molecular weight is 201 g/mol. The maximum Gasteiger partial charge on any atom is 0.256 e. The van der Waals surface area contributed by atoms with Crippen LogP contribution in [0.25, 0.3) is 0 Å². The topological polar surface area (TPSA) is 29.9 Å². The van der Waals surface area contributed by atoms with E-state index in [9.17, 15) is 8.78 Å². The standard InChI is InChI=1S/C9H13F2N3/c1-6-13-7-4-12-3-2-8(7)14(6)5-9(10)11/h9,12H,2-5H2,1H3. The van der Waals surface area contributed by atoms with Crippen LogP contribution in [0.1, 0.15) is 17.2 Å². The quantitative estimate of drug-likeness (QED) is 0.776. The van der Waals surface area contributed by atoms with E-state index in [1.807, 2.05) is 0 Å². The minimum absolute atomic E-state index is 0.228. The zero-order valence-corrected chi connectivity index (χ0v) is 8.06. The monoisotopic (exact) mass is 201 g/mol. The molecule has 0 radical (unpaired) electrons. The van der Waals surface area contributed by atoms with Crippen LogP contribution in [0.4, 0.5) is 8.78 Å². The number of imidazole rings is 1. The molecule has 0 fully saturated rings. The molecule has 1 aromatic rings. The van der Waals surface area contributed by atoms with Crippen molar-refractivity contribution >= 4 is 0 Å². The molecule has 1 N–H and O–H groups in total. The molecule has 0 bridgehead atoms. The van der Waals surface area contributed by atoms with E-state index in [-0.39, 0.29) is 6.54 Å². The summed E-state index contributed by atoms with van der Waals surface area (Å²) in [5.41, 5.74) is 1.90. The Morgan fingerprint density at radius 1 is 1.57 bits per heavy atom. The molecule has 2 heterocycles. The number of hydrogen-bond donors (Lipinski definition) is 1. The maximum absolute atomic E-state index is 12.3. The Bertz CT molecular complexity index is 333. The first-order chi connectivity index (χ1) is 6.68. The summed E-state index contributed by atoms with van der Waals surface area (Å²) in [6, 6.07) is 0.